The van der Waals surface area contributed by atoms with Crippen molar-refractivity contribution < 1.29 is 9.53 Å². The van der Waals surface area contributed by atoms with Crippen molar-refractivity contribution in [1.29, 1.82) is 0 Å². The fourth-order valence-electron chi connectivity index (χ4n) is 4.04. The summed E-state index contributed by atoms with van der Waals surface area (Å²) in [5, 5.41) is 4.02. The van der Waals surface area contributed by atoms with Gasteiger partial charge in [0.25, 0.3) is 5.91 Å². The lowest BCUT2D eigenvalue weighted by atomic mass is 10.1. The van der Waals surface area contributed by atoms with Gasteiger partial charge >= 0.3 is 0 Å². The quantitative estimate of drug-likeness (QED) is 0.850. The Bertz CT molecular complexity index is 762. The lowest BCUT2D eigenvalue weighted by molar-refractivity contribution is 0.0919. The van der Waals surface area contributed by atoms with E-state index in [2.05, 4.69) is 33.8 Å². The molecule has 1 aromatic carbocycles. The summed E-state index contributed by atoms with van der Waals surface area (Å²) < 4.78 is 8.09. The van der Waals surface area contributed by atoms with Gasteiger partial charge in [-0.05, 0) is 63.5 Å². The molecule has 1 unspecified atom stereocenters. The summed E-state index contributed by atoms with van der Waals surface area (Å²) in [5.74, 6) is 0.903. The molecule has 2 aliphatic rings. The van der Waals surface area contributed by atoms with Crippen LogP contribution in [-0.2, 0) is 0 Å². The summed E-state index contributed by atoms with van der Waals surface area (Å²) in [6.45, 7) is 7.16. The molecule has 0 radical (unpaired) electrons. The molecule has 5 heteroatoms. The molecule has 0 spiro atoms. The van der Waals surface area contributed by atoms with Gasteiger partial charge in [0, 0.05) is 30.0 Å². The average molecular weight is 341 g/mol. The number of amides is 1. The number of ether oxygens (including phenoxy) is 1. The SMILES string of the molecule is CC1CNC(=O)c2cc3cc(OCCCN4CCCCC4)ccc3n21. The van der Waals surface area contributed by atoms with Crippen LogP contribution >= 0.6 is 0 Å². The Morgan fingerprint density at radius 2 is 2.04 bits per heavy atom. The first-order valence-corrected chi connectivity index (χ1v) is 9.51. The fourth-order valence-corrected chi connectivity index (χ4v) is 4.04. The molecule has 5 nitrogen and oxygen atoms in total. The maximum atomic E-state index is 12.1. The molecular formula is C20H27N3O2. The number of aromatic nitrogens is 1. The second kappa shape index (κ2) is 7.08. The van der Waals surface area contributed by atoms with Gasteiger partial charge in [-0.25, -0.2) is 0 Å². The van der Waals surface area contributed by atoms with Gasteiger partial charge in [0.1, 0.15) is 11.4 Å². The largest absolute Gasteiger partial charge is 0.494 e. The number of benzene rings is 1. The molecule has 0 aliphatic carbocycles. The zero-order chi connectivity index (χ0) is 17.2. The Labute approximate surface area is 148 Å². The van der Waals surface area contributed by atoms with Crippen LogP contribution in [0.25, 0.3) is 10.9 Å². The van der Waals surface area contributed by atoms with E-state index in [1.807, 2.05) is 12.1 Å². The number of nitrogens with one attached hydrogen (secondary N) is 1. The highest BCUT2D eigenvalue weighted by Crippen LogP contribution is 2.29. The van der Waals surface area contributed by atoms with Crippen LogP contribution in [-0.4, -0.2) is 48.2 Å². The van der Waals surface area contributed by atoms with Crippen molar-refractivity contribution in [3.05, 3.63) is 30.0 Å². The predicted molar refractivity (Wildman–Crippen MR) is 99.4 cm³/mol. The number of likely N-dealkylation sites (tertiary alicyclic amines) is 1. The Kier molecular flexibility index (Phi) is 4.66. The van der Waals surface area contributed by atoms with Crippen LogP contribution in [0.2, 0.25) is 0 Å². The highest BCUT2D eigenvalue weighted by atomic mass is 16.5. The van der Waals surface area contributed by atoms with E-state index < -0.39 is 0 Å². The molecular weight excluding hydrogens is 314 g/mol. The number of hydrogen-bond acceptors (Lipinski definition) is 3. The third-order valence-electron chi connectivity index (χ3n) is 5.38. The van der Waals surface area contributed by atoms with Gasteiger partial charge in [0.2, 0.25) is 0 Å². The Morgan fingerprint density at radius 3 is 2.88 bits per heavy atom. The lowest BCUT2D eigenvalue weighted by Gasteiger charge is -2.26. The smallest absolute Gasteiger partial charge is 0.268 e. The maximum absolute atomic E-state index is 12.1. The molecule has 2 aliphatic heterocycles. The molecule has 2 aromatic rings. The standard InChI is InChI=1S/C20H27N3O2/c1-15-14-21-20(24)19-13-16-12-17(6-7-18(16)23(15)19)25-11-5-10-22-8-3-2-4-9-22/h6-7,12-13,15H,2-5,8-11,14H2,1H3,(H,21,24). The van der Waals surface area contributed by atoms with E-state index in [9.17, 15) is 4.79 Å². The van der Waals surface area contributed by atoms with E-state index in [1.165, 1.54) is 32.4 Å². The first kappa shape index (κ1) is 16.5. The molecule has 134 valence electrons. The van der Waals surface area contributed by atoms with E-state index in [0.29, 0.717) is 6.54 Å². The number of hydrogen-bond donors (Lipinski definition) is 1. The molecule has 1 amide bonds. The zero-order valence-corrected chi connectivity index (χ0v) is 15.0. The fraction of sp³-hybridized carbons (Fsp3) is 0.550. The van der Waals surface area contributed by atoms with Crippen LogP contribution in [0.1, 0.15) is 49.1 Å². The number of carbonyl (C=O) groups is 1. The van der Waals surface area contributed by atoms with E-state index in [1.54, 1.807) is 0 Å². The summed E-state index contributed by atoms with van der Waals surface area (Å²) in [6.07, 6.45) is 5.11. The van der Waals surface area contributed by atoms with Gasteiger partial charge in [-0.2, -0.15) is 0 Å². The monoisotopic (exact) mass is 341 g/mol. The second-order valence-corrected chi connectivity index (χ2v) is 7.28. The molecule has 0 bridgehead atoms. The van der Waals surface area contributed by atoms with Gasteiger partial charge in [-0.1, -0.05) is 6.42 Å². The van der Waals surface area contributed by atoms with Crippen LogP contribution in [0.3, 0.4) is 0 Å². The van der Waals surface area contributed by atoms with E-state index >= 15 is 0 Å². The summed E-state index contributed by atoms with van der Waals surface area (Å²) in [6, 6.07) is 8.41. The maximum Gasteiger partial charge on any atom is 0.268 e. The minimum atomic E-state index is 0.0123. The van der Waals surface area contributed by atoms with Crippen LogP contribution < -0.4 is 10.1 Å². The predicted octanol–water partition coefficient (Wildman–Crippen LogP) is 3.20. The minimum Gasteiger partial charge on any atom is -0.494 e. The molecule has 1 saturated heterocycles. The average Bonchev–Trinajstić information content (AvgIpc) is 3.03. The lowest BCUT2D eigenvalue weighted by Crippen LogP contribution is -2.37. The van der Waals surface area contributed by atoms with E-state index in [0.717, 1.165) is 41.9 Å². The third kappa shape index (κ3) is 3.38. The highest BCUT2D eigenvalue weighted by molar-refractivity contribution is 6.00. The summed E-state index contributed by atoms with van der Waals surface area (Å²) >= 11 is 0. The van der Waals surface area contributed by atoms with Crippen LogP contribution in [0.4, 0.5) is 0 Å². The van der Waals surface area contributed by atoms with Crippen molar-refractivity contribution in [2.45, 2.75) is 38.6 Å². The Morgan fingerprint density at radius 1 is 1.20 bits per heavy atom. The Hall–Kier alpha value is -2.01. The third-order valence-corrected chi connectivity index (χ3v) is 5.38. The number of carbonyl (C=O) groups excluding carboxylic acids is 1. The van der Waals surface area contributed by atoms with Gasteiger partial charge in [-0.3, -0.25) is 4.79 Å². The van der Waals surface area contributed by atoms with Crippen molar-refractivity contribution in [3.63, 3.8) is 0 Å². The van der Waals surface area contributed by atoms with Gasteiger partial charge < -0.3 is 19.5 Å². The topological polar surface area (TPSA) is 46.5 Å². The van der Waals surface area contributed by atoms with Crippen molar-refractivity contribution in [1.82, 2.24) is 14.8 Å². The van der Waals surface area contributed by atoms with Gasteiger partial charge in [-0.15, -0.1) is 0 Å². The molecule has 1 aromatic heterocycles. The van der Waals surface area contributed by atoms with Gasteiger partial charge in [0.15, 0.2) is 0 Å². The number of nitrogens with zero attached hydrogens (tertiary/aromatic N) is 2. The Balaban J connectivity index is 1.40. The first-order chi connectivity index (χ1) is 12.2. The molecule has 3 heterocycles. The van der Waals surface area contributed by atoms with Crippen LogP contribution in [0, 0.1) is 0 Å². The zero-order valence-electron chi connectivity index (χ0n) is 15.0. The molecule has 1 N–H and O–H groups in total. The summed E-state index contributed by atoms with van der Waals surface area (Å²) in [5.41, 5.74) is 1.86. The van der Waals surface area contributed by atoms with E-state index in [4.69, 9.17) is 4.74 Å². The molecule has 25 heavy (non-hydrogen) atoms. The molecule has 1 fully saturated rings. The van der Waals surface area contributed by atoms with E-state index in [-0.39, 0.29) is 11.9 Å². The second-order valence-electron chi connectivity index (χ2n) is 7.28. The number of piperidine rings is 1. The van der Waals surface area contributed by atoms with Crippen molar-refractivity contribution in [3.8, 4) is 5.75 Å². The molecule has 0 saturated carbocycles. The van der Waals surface area contributed by atoms with Crippen molar-refractivity contribution >= 4 is 16.8 Å². The first-order valence-electron chi connectivity index (χ1n) is 9.51. The molecule has 1 atom stereocenters. The van der Waals surface area contributed by atoms with Crippen LogP contribution in [0.15, 0.2) is 24.3 Å². The minimum absolute atomic E-state index is 0.0123. The highest BCUT2D eigenvalue weighted by Gasteiger charge is 2.24. The van der Waals surface area contributed by atoms with Gasteiger partial charge in [0.05, 0.1) is 6.61 Å². The van der Waals surface area contributed by atoms with Crippen LogP contribution in [0.5, 0.6) is 5.75 Å². The number of rotatable bonds is 5. The number of fused-ring (bicyclic) bond motifs is 3. The van der Waals surface area contributed by atoms with Crippen molar-refractivity contribution in [2.24, 2.45) is 0 Å². The summed E-state index contributed by atoms with van der Waals surface area (Å²) in [4.78, 5) is 14.6. The molecule has 4 rings (SSSR count). The summed E-state index contributed by atoms with van der Waals surface area (Å²) in [7, 11) is 0. The van der Waals surface area contributed by atoms with Crippen molar-refractivity contribution in [2.75, 3.05) is 32.8 Å². The normalized spacial score (nSPS) is 21.2.